The summed E-state index contributed by atoms with van der Waals surface area (Å²) in [6.45, 7) is 5.52. The van der Waals surface area contributed by atoms with Crippen molar-refractivity contribution in [2.75, 3.05) is 6.61 Å². The number of rotatable bonds is 2. The SMILES string of the molecule is CC1CCCCC1NC1c2ccccc2OCC1C. The van der Waals surface area contributed by atoms with Crippen molar-refractivity contribution in [1.29, 1.82) is 0 Å². The first kappa shape index (κ1) is 13.0. The van der Waals surface area contributed by atoms with Gasteiger partial charge in [0.05, 0.1) is 6.61 Å². The first-order valence-corrected chi connectivity index (χ1v) is 7.73. The summed E-state index contributed by atoms with van der Waals surface area (Å²) in [5, 5.41) is 3.93. The first-order valence-electron chi connectivity index (χ1n) is 7.73. The molecule has 0 saturated heterocycles. The third-order valence-electron chi connectivity index (χ3n) is 4.83. The zero-order valence-electron chi connectivity index (χ0n) is 12.1. The third kappa shape index (κ3) is 2.64. The summed E-state index contributed by atoms with van der Waals surface area (Å²) >= 11 is 0. The molecule has 19 heavy (non-hydrogen) atoms. The van der Waals surface area contributed by atoms with E-state index in [0.29, 0.717) is 18.0 Å². The molecule has 0 radical (unpaired) electrons. The van der Waals surface area contributed by atoms with Crippen LogP contribution in [0.25, 0.3) is 0 Å². The molecule has 1 N–H and O–H groups in total. The molecule has 2 nitrogen and oxygen atoms in total. The molecule has 1 saturated carbocycles. The lowest BCUT2D eigenvalue weighted by atomic mass is 9.83. The van der Waals surface area contributed by atoms with Gasteiger partial charge >= 0.3 is 0 Å². The van der Waals surface area contributed by atoms with Crippen LogP contribution < -0.4 is 10.1 Å². The molecule has 1 aliphatic carbocycles. The molecule has 0 spiro atoms. The van der Waals surface area contributed by atoms with Crippen LogP contribution >= 0.6 is 0 Å². The van der Waals surface area contributed by atoms with Crippen molar-refractivity contribution in [2.24, 2.45) is 11.8 Å². The van der Waals surface area contributed by atoms with E-state index in [4.69, 9.17) is 4.74 Å². The van der Waals surface area contributed by atoms with Crippen molar-refractivity contribution < 1.29 is 4.74 Å². The van der Waals surface area contributed by atoms with Gasteiger partial charge in [0.1, 0.15) is 5.75 Å². The van der Waals surface area contributed by atoms with Gasteiger partial charge in [0.2, 0.25) is 0 Å². The van der Waals surface area contributed by atoms with Crippen LogP contribution in [-0.4, -0.2) is 12.6 Å². The molecule has 0 aromatic heterocycles. The average Bonchev–Trinajstić information content (AvgIpc) is 2.44. The van der Waals surface area contributed by atoms with Gasteiger partial charge in [-0.25, -0.2) is 0 Å². The van der Waals surface area contributed by atoms with E-state index in [0.717, 1.165) is 18.3 Å². The number of fused-ring (bicyclic) bond motifs is 1. The normalized spacial score (nSPS) is 34.4. The highest BCUT2D eigenvalue weighted by Gasteiger charge is 2.31. The molecular weight excluding hydrogens is 234 g/mol. The monoisotopic (exact) mass is 259 g/mol. The van der Waals surface area contributed by atoms with Crippen molar-refractivity contribution in [1.82, 2.24) is 5.32 Å². The Hall–Kier alpha value is -1.02. The van der Waals surface area contributed by atoms with E-state index in [-0.39, 0.29) is 0 Å². The minimum Gasteiger partial charge on any atom is -0.493 e. The second kappa shape index (κ2) is 5.54. The molecule has 3 rings (SSSR count). The smallest absolute Gasteiger partial charge is 0.124 e. The van der Waals surface area contributed by atoms with Crippen molar-refractivity contribution >= 4 is 0 Å². The van der Waals surface area contributed by atoms with Gasteiger partial charge in [0, 0.05) is 23.6 Å². The van der Waals surface area contributed by atoms with Crippen LogP contribution in [0, 0.1) is 11.8 Å². The van der Waals surface area contributed by atoms with Gasteiger partial charge in [-0.3, -0.25) is 0 Å². The molecule has 4 atom stereocenters. The average molecular weight is 259 g/mol. The molecule has 0 bridgehead atoms. The van der Waals surface area contributed by atoms with Gasteiger partial charge in [0.15, 0.2) is 0 Å². The van der Waals surface area contributed by atoms with Gasteiger partial charge in [-0.1, -0.05) is 44.9 Å². The predicted octanol–water partition coefficient (Wildman–Crippen LogP) is 3.92. The zero-order valence-corrected chi connectivity index (χ0v) is 12.1. The Labute approximate surface area is 116 Å². The Morgan fingerprint density at radius 3 is 2.68 bits per heavy atom. The Morgan fingerprint density at radius 1 is 1.05 bits per heavy atom. The van der Waals surface area contributed by atoms with E-state index in [9.17, 15) is 0 Å². The zero-order chi connectivity index (χ0) is 13.2. The summed E-state index contributed by atoms with van der Waals surface area (Å²) < 4.78 is 5.84. The maximum absolute atomic E-state index is 5.84. The van der Waals surface area contributed by atoms with Crippen molar-refractivity contribution in [3.63, 3.8) is 0 Å². The van der Waals surface area contributed by atoms with Crippen molar-refractivity contribution in [2.45, 2.75) is 51.6 Å². The van der Waals surface area contributed by atoms with Crippen LogP contribution in [-0.2, 0) is 0 Å². The molecular formula is C17H25NO. The number of hydrogen-bond donors (Lipinski definition) is 1. The lowest BCUT2D eigenvalue weighted by Crippen LogP contribution is -2.44. The van der Waals surface area contributed by atoms with Crippen molar-refractivity contribution in [3.8, 4) is 5.75 Å². The van der Waals surface area contributed by atoms with E-state index in [1.807, 2.05) is 0 Å². The Kier molecular flexibility index (Phi) is 3.79. The third-order valence-corrected chi connectivity index (χ3v) is 4.83. The van der Waals surface area contributed by atoms with E-state index in [2.05, 4.69) is 43.4 Å². The van der Waals surface area contributed by atoms with Crippen LogP contribution in [0.15, 0.2) is 24.3 Å². The molecule has 1 fully saturated rings. The molecule has 0 amide bonds. The van der Waals surface area contributed by atoms with Gasteiger partial charge in [-0.15, -0.1) is 0 Å². The Morgan fingerprint density at radius 2 is 1.84 bits per heavy atom. The largest absolute Gasteiger partial charge is 0.493 e. The van der Waals surface area contributed by atoms with Gasteiger partial charge in [-0.05, 0) is 24.8 Å². The Bertz CT molecular complexity index is 431. The molecule has 1 aromatic carbocycles. The molecule has 104 valence electrons. The lowest BCUT2D eigenvalue weighted by Gasteiger charge is -2.38. The summed E-state index contributed by atoms with van der Waals surface area (Å²) in [5.41, 5.74) is 1.35. The fourth-order valence-electron chi connectivity index (χ4n) is 3.54. The minimum absolute atomic E-state index is 0.454. The highest BCUT2D eigenvalue weighted by atomic mass is 16.5. The van der Waals surface area contributed by atoms with E-state index >= 15 is 0 Å². The molecule has 1 heterocycles. The van der Waals surface area contributed by atoms with Crippen LogP contribution in [0.4, 0.5) is 0 Å². The summed E-state index contributed by atoms with van der Waals surface area (Å²) in [5.74, 6) is 2.42. The van der Waals surface area contributed by atoms with Crippen molar-refractivity contribution in [3.05, 3.63) is 29.8 Å². The second-order valence-electron chi connectivity index (χ2n) is 6.34. The number of benzene rings is 1. The van der Waals surface area contributed by atoms with Crippen LogP contribution in [0.3, 0.4) is 0 Å². The van der Waals surface area contributed by atoms with Gasteiger partial charge in [-0.2, -0.15) is 0 Å². The summed E-state index contributed by atoms with van der Waals surface area (Å²) in [6.07, 6.45) is 5.48. The summed E-state index contributed by atoms with van der Waals surface area (Å²) in [6, 6.07) is 9.63. The van der Waals surface area contributed by atoms with Crippen LogP contribution in [0.2, 0.25) is 0 Å². The van der Waals surface area contributed by atoms with E-state index in [1.165, 1.54) is 31.2 Å². The molecule has 2 aliphatic rings. The number of nitrogens with one attached hydrogen (secondary N) is 1. The fourth-order valence-corrected chi connectivity index (χ4v) is 3.54. The highest BCUT2D eigenvalue weighted by molar-refractivity contribution is 5.38. The topological polar surface area (TPSA) is 21.3 Å². The number of hydrogen-bond acceptors (Lipinski definition) is 2. The predicted molar refractivity (Wildman–Crippen MR) is 78.4 cm³/mol. The fraction of sp³-hybridized carbons (Fsp3) is 0.647. The first-order chi connectivity index (χ1) is 9.25. The number of para-hydroxylation sites is 1. The van der Waals surface area contributed by atoms with Gasteiger partial charge in [0.25, 0.3) is 0 Å². The van der Waals surface area contributed by atoms with E-state index in [1.54, 1.807) is 0 Å². The van der Waals surface area contributed by atoms with Gasteiger partial charge < -0.3 is 10.1 Å². The summed E-state index contributed by atoms with van der Waals surface area (Å²) in [7, 11) is 0. The summed E-state index contributed by atoms with van der Waals surface area (Å²) in [4.78, 5) is 0. The van der Waals surface area contributed by atoms with Crippen LogP contribution in [0.1, 0.15) is 51.1 Å². The standard InChI is InChI=1S/C17H25NO/c1-12-7-3-5-9-15(12)18-17-13(2)11-19-16-10-6-4-8-14(16)17/h4,6,8,10,12-13,15,17-18H,3,5,7,9,11H2,1-2H3. The second-order valence-corrected chi connectivity index (χ2v) is 6.34. The molecule has 1 aliphatic heterocycles. The lowest BCUT2D eigenvalue weighted by molar-refractivity contribution is 0.159. The van der Waals surface area contributed by atoms with E-state index < -0.39 is 0 Å². The Balaban J connectivity index is 1.79. The molecule has 2 heteroatoms. The maximum Gasteiger partial charge on any atom is 0.124 e. The molecule has 4 unspecified atom stereocenters. The highest BCUT2D eigenvalue weighted by Crippen LogP contribution is 2.37. The maximum atomic E-state index is 5.84. The molecule has 1 aromatic rings. The quantitative estimate of drug-likeness (QED) is 0.869. The minimum atomic E-state index is 0.454. The van der Waals surface area contributed by atoms with Crippen LogP contribution in [0.5, 0.6) is 5.75 Å². The number of ether oxygens (including phenoxy) is 1.